The topological polar surface area (TPSA) is 50.1 Å². The number of tetrazole rings is 1. The first kappa shape index (κ1) is 19.1. The molecule has 1 saturated heterocycles. The Labute approximate surface area is 170 Å². The first-order valence-corrected chi connectivity index (χ1v) is 10.1. The number of aromatic nitrogens is 4. The van der Waals surface area contributed by atoms with Gasteiger partial charge in [0.15, 0.2) is 5.82 Å². The quantitative estimate of drug-likeness (QED) is 0.640. The van der Waals surface area contributed by atoms with E-state index < -0.39 is 0 Å². The highest BCUT2D eigenvalue weighted by molar-refractivity contribution is 6.31. The van der Waals surface area contributed by atoms with Crippen molar-refractivity contribution in [1.82, 2.24) is 30.0 Å². The van der Waals surface area contributed by atoms with Crippen molar-refractivity contribution in [3.63, 3.8) is 0 Å². The molecule has 1 fully saturated rings. The number of hydrogen-bond acceptors (Lipinski definition) is 5. The smallest absolute Gasteiger partial charge is 0.173 e. The second kappa shape index (κ2) is 8.82. The van der Waals surface area contributed by atoms with Crippen molar-refractivity contribution in [3.8, 4) is 0 Å². The van der Waals surface area contributed by atoms with Gasteiger partial charge in [0.25, 0.3) is 0 Å². The molecule has 3 aromatic rings. The fourth-order valence-electron chi connectivity index (χ4n) is 3.81. The Morgan fingerprint density at radius 2 is 1.68 bits per heavy atom. The van der Waals surface area contributed by atoms with E-state index in [1.165, 1.54) is 5.56 Å². The molecular weight excluding hydrogens is 372 g/mol. The summed E-state index contributed by atoms with van der Waals surface area (Å²) in [4.78, 5) is 4.91. The van der Waals surface area contributed by atoms with Gasteiger partial charge in [0, 0.05) is 31.2 Å². The summed E-state index contributed by atoms with van der Waals surface area (Å²) >= 11 is 6.61. The van der Waals surface area contributed by atoms with Gasteiger partial charge in [-0.25, -0.2) is 4.68 Å². The molecule has 7 heteroatoms. The fraction of sp³-hybridized carbons (Fsp3) is 0.381. The van der Waals surface area contributed by atoms with Crippen LogP contribution in [0.1, 0.15) is 29.9 Å². The highest BCUT2D eigenvalue weighted by Crippen LogP contribution is 2.32. The van der Waals surface area contributed by atoms with Gasteiger partial charge in [-0.05, 0) is 34.2 Å². The lowest BCUT2D eigenvalue weighted by molar-refractivity contribution is 0.108. The summed E-state index contributed by atoms with van der Waals surface area (Å²) in [7, 11) is 0. The zero-order chi connectivity index (χ0) is 19.3. The SMILES string of the molecule is CCN1CCN(C(c2ccccc2Cl)c2nnnn2Cc2ccccc2)CC1. The maximum Gasteiger partial charge on any atom is 0.173 e. The van der Waals surface area contributed by atoms with E-state index in [9.17, 15) is 0 Å². The van der Waals surface area contributed by atoms with Gasteiger partial charge in [0.05, 0.1) is 12.6 Å². The van der Waals surface area contributed by atoms with E-state index in [1.807, 2.05) is 41.1 Å². The molecular formula is C21H25ClN6. The molecule has 2 heterocycles. The Kier molecular flexibility index (Phi) is 6.00. The molecule has 0 saturated carbocycles. The van der Waals surface area contributed by atoms with Crippen LogP contribution in [0.4, 0.5) is 0 Å². The molecule has 146 valence electrons. The molecule has 4 rings (SSSR count). The third-order valence-corrected chi connectivity index (χ3v) is 5.74. The van der Waals surface area contributed by atoms with E-state index in [0.29, 0.717) is 6.54 Å². The molecule has 1 aromatic heterocycles. The van der Waals surface area contributed by atoms with E-state index in [4.69, 9.17) is 11.6 Å². The lowest BCUT2D eigenvalue weighted by Gasteiger charge is -2.38. The van der Waals surface area contributed by atoms with Crippen LogP contribution in [0.25, 0.3) is 0 Å². The molecule has 28 heavy (non-hydrogen) atoms. The molecule has 1 aliphatic heterocycles. The van der Waals surface area contributed by atoms with Crippen molar-refractivity contribution in [1.29, 1.82) is 0 Å². The van der Waals surface area contributed by atoms with Gasteiger partial charge >= 0.3 is 0 Å². The minimum atomic E-state index is -0.0635. The van der Waals surface area contributed by atoms with Gasteiger partial charge in [-0.3, -0.25) is 4.90 Å². The van der Waals surface area contributed by atoms with Crippen molar-refractivity contribution >= 4 is 11.6 Å². The summed E-state index contributed by atoms with van der Waals surface area (Å²) in [6.07, 6.45) is 0. The molecule has 1 atom stereocenters. The second-order valence-corrected chi connectivity index (χ2v) is 7.48. The fourth-order valence-corrected chi connectivity index (χ4v) is 4.05. The van der Waals surface area contributed by atoms with E-state index in [1.54, 1.807) is 0 Å². The second-order valence-electron chi connectivity index (χ2n) is 7.07. The maximum atomic E-state index is 6.61. The zero-order valence-electron chi connectivity index (χ0n) is 16.1. The van der Waals surface area contributed by atoms with Gasteiger partial charge in [-0.15, -0.1) is 5.10 Å². The predicted molar refractivity (Wildman–Crippen MR) is 110 cm³/mol. The number of rotatable bonds is 6. The van der Waals surface area contributed by atoms with Gasteiger partial charge in [-0.2, -0.15) is 0 Å². The third kappa shape index (κ3) is 4.09. The Balaban J connectivity index is 1.69. The van der Waals surface area contributed by atoms with Gasteiger partial charge < -0.3 is 4.90 Å². The molecule has 1 unspecified atom stereocenters. The number of halogens is 1. The van der Waals surface area contributed by atoms with Crippen LogP contribution >= 0.6 is 11.6 Å². The average Bonchev–Trinajstić information content (AvgIpc) is 3.18. The van der Waals surface area contributed by atoms with Crippen molar-refractivity contribution in [2.45, 2.75) is 19.5 Å². The normalized spacial score (nSPS) is 16.9. The van der Waals surface area contributed by atoms with E-state index >= 15 is 0 Å². The minimum absolute atomic E-state index is 0.0635. The molecule has 6 nitrogen and oxygen atoms in total. The largest absolute Gasteiger partial charge is 0.301 e. The first-order chi connectivity index (χ1) is 13.8. The highest BCUT2D eigenvalue weighted by Gasteiger charge is 2.31. The minimum Gasteiger partial charge on any atom is -0.301 e. The summed E-state index contributed by atoms with van der Waals surface area (Å²) in [5, 5.41) is 13.5. The molecule has 2 aromatic carbocycles. The van der Waals surface area contributed by atoms with Gasteiger partial charge in [0.1, 0.15) is 0 Å². The standard InChI is InChI=1S/C21H25ClN6/c1-2-26-12-14-27(15-13-26)20(18-10-6-7-11-19(18)22)21-23-24-25-28(21)16-17-8-4-3-5-9-17/h3-11,20H,2,12-16H2,1H3. The number of benzene rings is 2. The molecule has 0 radical (unpaired) electrons. The van der Waals surface area contributed by atoms with Crippen molar-refractivity contribution < 1.29 is 0 Å². The molecule has 0 bridgehead atoms. The lowest BCUT2D eigenvalue weighted by Crippen LogP contribution is -2.48. The Hall–Kier alpha value is -2.28. The summed E-state index contributed by atoms with van der Waals surface area (Å²) in [6, 6.07) is 18.2. The zero-order valence-corrected chi connectivity index (χ0v) is 16.8. The van der Waals surface area contributed by atoms with Crippen molar-refractivity contribution in [2.24, 2.45) is 0 Å². The molecule has 0 spiro atoms. The van der Waals surface area contributed by atoms with Crippen LogP contribution in [0.3, 0.4) is 0 Å². The Morgan fingerprint density at radius 1 is 0.964 bits per heavy atom. The van der Waals surface area contributed by atoms with Gasteiger partial charge in [-0.1, -0.05) is 67.1 Å². The Bertz CT molecular complexity index is 889. The summed E-state index contributed by atoms with van der Waals surface area (Å²) in [5.74, 6) is 0.835. The van der Waals surface area contributed by atoms with Crippen molar-refractivity contribution in [2.75, 3.05) is 32.7 Å². The molecule has 1 aliphatic rings. The number of hydrogen-bond donors (Lipinski definition) is 0. The van der Waals surface area contributed by atoms with E-state index in [-0.39, 0.29) is 6.04 Å². The van der Waals surface area contributed by atoms with Crippen LogP contribution in [0.15, 0.2) is 54.6 Å². The summed E-state index contributed by atoms with van der Waals surface area (Å²) < 4.78 is 1.90. The predicted octanol–water partition coefficient (Wildman–Crippen LogP) is 3.10. The molecule has 0 N–H and O–H groups in total. The lowest BCUT2D eigenvalue weighted by atomic mass is 10.0. The summed E-state index contributed by atoms with van der Waals surface area (Å²) in [5.41, 5.74) is 2.22. The number of likely N-dealkylation sites (N-methyl/N-ethyl adjacent to an activating group) is 1. The van der Waals surface area contributed by atoms with Crippen molar-refractivity contribution in [3.05, 3.63) is 76.6 Å². The maximum absolute atomic E-state index is 6.61. The first-order valence-electron chi connectivity index (χ1n) is 9.77. The van der Waals surface area contributed by atoms with Crippen LogP contribution in [0.5, 0.6) is 0 Å². The third-order valence-electron chi connectivity index (χ3n) is 5.40. The monoisotopic (exact) mass is 396 g/mol. The van der Waals surface area contributed by atoms with Crippen LogP contribution in [0.2, 0.25) is 5.02 Å². The van der Waals surface area contributed by atoms with Crippen LogP contribution in [-0.4, -0.2) is 62.7 Å². The van der Waals surface area contributed by atoms with Crippen LogP contribution in [-0.2, 0) is 6.54 Å². The van der Waals surface area contributed by atoms with Crippen LogP contribution < -0.4 is 0 Å². The molecule has 0 amide bonds. The average molecular weight is 397 g/mol. The number of piperazine rings is 1. The molecule has 0 aliphatic carbocycles. The van der Waals surface area contributed by atoms with Crippen LogP contribution in [0, 0.1) is 0 Å². The van der Waals surface area contributed by atoms with E-state index in [0.717, 1.165) is 49.1 Å². The van der Waals surface area contributed by atoms with E-state index in [2.05, 4.69) is 50.4 Å². The number of nitrogens with zero attached hydrogens (tertiary/aromatic N) is 6. The van der Waals surface area contributed by atoms with Gasteiger partial charge in [0.2, 0.25) is 0 Å². The Morgan fingerprint density at radius 3 is 2.39 bits per heavy atom. The summed E-state index contributed by atoms with van der Waals surface area (Å²) in [6.45, 7) is 7.93. The highest BCUT2D eigenvalue weighted by atomic mass is 35.5.